The number of halogens is 2. The molecule has 0 atom stereocenters. The Bertz CT molecular complexity index is 509. The molecule has 0 unspecified atom stereocenters. The monoisotopic (exact) mass is 312 g/mol. The predicted molar refractivity (Wildman–Crippen MR) is 73.7 cm³/mol. The molecule has 0 aliphatic rings. The summed E-state index contributed by atoms with van der Waals surface area (Å²) in [4.78, 5) is -0.0311. The van der Waals surface area contributed by atoms with Crippen molar-refractivity contribution in [2.75, 3.05) is 0 Å². The van der Waals surface area contributed by atoms with Crippen molar-refractivity contribution < 1.29 is 8.42 Å². The van der Waals surface area contributed by atoms with E-state index in [0.29, 0.717) is 24.6 Å². The second-order valence-corrected chi connectivity index (χ2v) is 7.52. The van der Waals surface area contributed by atoms with Crippen molar-refractivity contribution in [1.82, 2.24) is 9.78 Å². The van der Waals surface area contributed by atoms with Crippen molar-refractivity contribution in [3.8, 4) is 0 Å². The minimum atomic E-state index is -3.85. The molecule has 0 aliphatic heterocycles. The second kappa shape index (κ2) is 6.26. The van der Waals surface area contributed by atoms with Crippen LogP contribution in [0.15, 0.2) is 4.90 Å². The molecule has 0 aliphatic carbocycles. The molecule has 104 valence electrons. The summed E-state index contributed by atoms with van der Waals surface area (Å²) in [5, 5.41) is 4.38. The van der Waals surface area contributed by atoms with Gasteiger partial charge in [-0.2, -0.15) is 5.10 Å². The maximum absolute atomic E-state index is 11.5. The van der Waals surface area contributed by atoms with E-state index in [1.54, 1.807) is 0 Å². The highest BCUT2D eigenvalue weighted by Gasteiger charge is 2.25. The van der Waals surface area contributed by atoms with Gasteiger partial charge in [0.05, 0.1) is 5.69 Å². The molecule has 0 bridgehead atoms. The molecule has 1 heterocycles. The molecular formula is C11H18Cl2N2O2S. The first-order valence-electron chi connectivity index (χ1n) is 5.97. The fourth-order valence-electron chi connectivity index (χ4n) is 1.64. The van der Waals surface area contributed by atoms with E-state index in [9.17, 15) is 8.42 Å². The lowest BCUT2D eigenvalue weighted by Gasteiger charge is -2.05. The number of aryl methyl sites for hydroxylation is 2. The van der Waals surface area contributed by atoms with Crippen molar-refractivity contribution in [1.29, 1.82) is 0 Å². The zero-order valence-electron chi connectivity index (χ0n) is 10.8. The molecular weight excluding hydrogens is 295 g/mol. The average molecular weight is 313 g/mol. The van der Waals surface area contributed by atoms with Gasteiger partial charge in [-0.1, -0.05) is 38.8 Å². The Morgan fingerprint density at radius 2 is 2.00 bits per heavy atom. The van der Waals surface area contributed by atoms with Crippen molar-refractivity contribution >= 4 is 31.3 Å². The van der Waals surface area contributed by atoms with Gasteiger partial charge >= 0.3 is 0 Å². The first-order valence-corrected chi connectivity index (χ1v) is 8.66. The van der Waals surface area contributed by atoms with Crippen molar-refractivity contribution in [3.63, 3.8) is 0 Å². The Morgan fingerprint density at radius 3 is 2.44 bits per heavy atom. The van der Waals surface area contributed by atoms with Gasteiger partial charge in [-0.05, 0) is 18.8 Å². The number of aromatic nitrogens is 2. The Balaban J connectivity index is 3.16. The first kappa shape index (κ1) is 15.8. The first-order chi connectivity index (χ1) is 8.27. The van der Waals surface area contributed by atoms with Crippen LogP contribution in [0.4, 0.5) is 0 Å². The molecule has 18 heavy (non-hydrogen) atoms. The van der Waals surface area contributed by atoms with Crippen molar-refractivity contribution in [2.45, 2.75) is 51.5 Å². The van der Waals surface area contributed by atoms with Gasteiger partial charge in [0.2, 0.25) is 0 Å². The SMILES string of the molecule is CCCc1nn(CCC(C)C)c(Cl)c1S(=O)(=O)Cl. The van der Waals surface area contributed by atoms with E-state index in [2.05, 4.69) is 18.9 Å². The molecule has 7 heteroatoms. The fourth-order valence-corrected chi connectivity index (χ4v) is 3.51. The van der Waals surface area contributed by atoms with Crippen LogP contribution in [-0.4, -0.2) is 18.2 Å². The van der Waals surface area contributed by atoms with Gasteiger partial charge in [-0.3, -0.25) is 4.68 Å². The van der Waals surface area contributed by atoms with Crippen LogP contribution in [0, 0.1) is 5.92 Å². The topological polar surface area (TPSA) is 52.0 Å². The minimum Gasteiger partial charge on any atom is -0.252 e. The standard InChI is InChI=1S/C11H18Cl2N2O2S/c1-4-5-9-10(18(13,16)17)11(12)15(14-9)7-6-8(2)3/h8H,4-7H2,1-3H3. The average Bonchev–Trinajstić information content (AvgIpc) is 2.52. The van der Waals surface area contributed by atoms with E-state index in [0.717, 1.165) is 12.8 Å². The Morgan fingerprint density at radius 1 is 1.39 bits per heavy atom. The molecule has 0 amide bonds. The molecule has 4 nitrogen and oxygen atoms in total. The summed E-state index contributed by atoms with van der Waals surface area (Å²) < 4.78 is 24.6. The van der Waals surface area contributed by atoms with Crippen LogP contribution in [-0.2, 0) is 22.0 Å². The van der Waals surface area contributed by atoms with Crippen LogP contribution in [0.1, 0.15) is 39.3 Å². The van der Waals surface area contributed by atoms with E-state index in [4.69, 9.17) is 22.3 Å². The molecule has 1 rings (SSSR count). The lowest BCUT2D eigenvalue weighted by molar-refractivity contribution is 0.484. The molecule has 0 radical (unpaired) electrons. The normalized spacial score (nSPS) is 12.3. The highest BCUT2D eigenvalue weighted by atomic mass is 35.7. The third kappa shape index (κ3) is 3.87. The highest BCUT2D eigenvalue weighted by Crippen LogP contribution is 2.29. The lowest BCUT2D eigenvalue weighted by Crippen LogP contribution is -2.04. The van der Waals surface area contributed by atoms with E-state index in [1.807, 2.05) is 6.92 Å². The molecule has 0 aromatic carbocycles. The van der Waals surface area contributed by atoms with Crippen molar-refractivity contribution in [2.24, 2.45) is 5.92 Å². The molecule has 0 spiro atoms. The number of nitrogens with zero attached hydrogens (tertiary/aromatic N) is 2. The molecule has 1 aromatic heterocycles. The Kier molecular flexibility index (Phi) is 5.49. The van der Waals surface area contributed by atoms with Gasteiger partial charge in [0.25, 0.3) is 9.05 Å². The van der Waals surface area contributed by atoms with Gasteiger partial charge in [0.1, 0.15) is 10.0 Å². The number of hydrogen-bond donors (Lipinski definition) is 0. The van der Waals surface area contributed by atoms with Crippen LogP contribution in [0.5, 0.6) is 0 Å². The van der Waals surface area contributed by atoms with Gasteiger partial charge in [-0.15, -0.1) is 0 Å². The summed E-state index contributed by atoms with van der Waals surface area (Å²) in [7, 11) is 1.57. The Labute approximate surface area is 118 Å². The maximum Gasteiger partial charge on any atom is 0.266 e. The molecule has 0 fully saturated rings. The quantitative estimate of drug-likeness (QED) is 0.756. The zero-order valence-corrected chi connectivity index (χ0v) is 13.1. The highest BCUT2D eigenvalue weighted by molar-refractivity contribution is 8.13. The second-order valence-electron chi connectivity index (χ2n) is 4.66. The summed E-state index contributed by atoms with van der Waals surface area (Å²) >= 11 is 6.07. The molecule has 0 saturated heterocycles. The van der Waals surface area contributed by atoms with Crippen LogP contribution >= 0.6 is 22.3 Å². The largest absolute Gasteiger partial charge is 0.266 e. The van der Waals surface area contributed by atoms with Gasteiger partial charge < -0.3 is 0 Å². The van der Waals surface area contributed by atoms with Crippen molar-refractivity contribution in [3.05, 3.63) is 10.8 Å². The van der Waals surface area contributed by atoms with Gasteiger partial charge in [-0.25, -0.2) is 8.42 Å². The maximum atomic E-state index is 11.5. The Hall–Kier alpha value is -0.260. The molecule has 0 saturated carbocycles. The molecule has 0 N–H and O–H groups in total. The summed E-state index contributed by atoms with van der Waals surface area (Å²) in [6.07, 6.45) is 2.22. The summed E-state index contributed by atoms with van der Waals surface area (Å²) in [5.41, 5.74) is 0.459. The van der Waals surface area contributed by atoms with E-state index in [-0.39, 0.29) is 10.0 Å². The zero-order chi connectivity index (χ0) is 13.9. The smallest absolute Gasteiger partial charge is 0.252 e. The van der Waals surface area contributed by atoms with Crippen LogP contribution < -0.4 is 0 Å². The van der Waals surface area contributed by atoms with Gasteiger partial charge in [0, 0.05) is 17.2 Å². The van der Waals surface area contributed by atoms with Gasteiger partial charge in [0.15, 0.2) is 0 Å². The van der Waals surface area contributed by atoms with Crippen LogP contribution in [0.2, 0.25) is 5.15 Å². The summed E-state index contributed by atoms with van der Waals surface area (Å²) in [5.74, 6) is 0.496. The lowest BCUT2D eigenvalue weighted by atomic mass is 10.1. The summed E-state index contributed by atoms with van der Waals surface area (Å²) in [6.45, 7) is 6.72. The fraction of sp³-hybridized carbons (Fsp3) is 0.727. The van der Waals surface area contributed by atoms with Crippen LogP contribution in [0.3, 0.4) is 0 Å². The minimum absolute atomic E-state index is 0.0311. The van der Waals surface area contributed by atoms with E-state index < -0.39 is 9.05 Å². The predicted octanol–water partition coefficient (Wildman–Crippen LogP) is 3.46. The third-order valence-electron chi connectivity index (χ3n) is 2.57. The van der Waals surface area contributed by atoms with E-state index in [1.165, 1.54) is 4.68 Å². The van der Waals surface area contributed by atoms with Crippen LogP contribution in [0.25, 0.3) is 0 Å². The summed E-state index contributed by atoms with van der Waals surface area (Å²) in [6, 6.07) is 0. The number of hydrogen-bond acceptors (Lipinski definition) is 3. The molecule has 1 aromatic rings. The van der Waals surface area contributed by atoms with E-state index >= 15 is 0 Å². The number of rotatable bonds is 6. The third-order valence-corrected chi connectivity index (χ3v) is 4.44.